The molecule has 2 amide bonds. The topological polar surface area (TPSA) is 69.6 Å². The summed E-state index contributed by atoms with van der Waals surface area (Å²) in [7, 11) is 0. The summed E-state index contributed by atoms with van der Waals surface area (Å²) in [6.45, 7) is 2.70. The van der Waals surface area contributed by atoms with Crippen molar-refractivity contribution in [1.29, 1.82) is 0 Å². The minimum atomic E-state index is -0.354. The van der Waals surface area contributed by atoms with Gasteiger partial charge in [-0.1, -0.05) is 54.4 Å². The number of hydrogen-bond donors (Lipinski definition) is 3. The number of nitrogens with zero attached hydrogens (tertiary/aromatic N) is 1. The first-order chi connectivity index (χ1) is 12.0. The van der Waals surface area contributed by atoms with Crippen LogP contribution in [0.1, 0.15) is 43.2 Å². The van der Waals surface area contributed by atoms with Gasteiger partial charge < -0.3 is 4.90 Å². The Balaban J connectivity index is 1.79. The van der Waals surface area contributed by atoms with Crippen molar-refractivity contribution in [3.8, 4) is 0 Å². The molecule has 1 aromatic carbocycles. The normalized spacial score (nSPS) is 18.8. The maximum atomic E-state index is 12.5. The summed E-state index contributed by atoms with van der Waals surface area (Å²) in [5, 5.41) is 8.42. The van der Waals surface area contributed by atoms with E-state index in [1.807, 2.05) is 37.3 Å². The highest BCUT2D eigenvalue weighted by molar-refractivity contribution is 8.14. The first-order valence-corrected chi connectivity index (χ1v) is 9.78. The molecule has 1 saturated heterocycles. The molecule has 25 heavy (non-hydrogen) atoms. The molecule has 0 aromatic heterocycles. The van der Waals surface area contributed by atoms with Gasteiger partial charge in [0.15, 0.2) is 0 Å². The standard InChI is InChI=1S/C18H24N2O3S2/c1-13-7-9-14(10-8-13)12-15-17(22)20(18(24)25-15)11-5-3-2-4-6-16(21)19-23/h7-10,12,18,23-24H,2-6,11H2,1H3,(H,19,21)/b15-12-. The minimum absolute atomic E-state index is 0.0326. The lowest BCUT2D eigenvalue weighted by Crippen LogP contribution is -2.30. The van der Waals surface area contributed by atoms with Gasteiger partial charge in [-0.05, 0) is 31.4 Å². The maximum absolute atomic E-state index is 12.5. The molecule has 0 radical (unpaired) electrons. The molecule has 0 bridgehead atoms. The van der Waals surface area contributed by atoms with Crippen LogP contribution < -0.4 is 5.48 Å². The lowest BCUT2D eigenvalue weighted by molar-refractivity contribution is -0.129. The van der Waals surface area contributed by atoms with E-state index in [0.29, 0.717) is 13.0 Å². The lowest BCUT2D eigenvalue weighted by atomic mass is 10.1. The second-order valence-corrected chi connectivity index (χ2v) is 8.02. The van der Waals surface area contributed by atoms with Crippen LogP contribution in [-0.2, 0) is 9.59 Å². The number of hydroxylamine groups is 1. The number of carbonyl (C=O) groups excluding carboxylic acids is 2. The van der Waals surface area contributed by atoms with Gasteiger partial charge in [-0.3, -0.25) is 14.8 Å². The molecular weight excluding hydrogens is 356 g/mol. The minimum Gasteiger partial charge on any atom is -0.317 e. The summed E-state index contributed by atoms with van der Waals surface area (Å²) in [6, 6.07) is 8.08. The van der Waals surface area contributed by atoms with Gasteiger partial charge in [-0.2, -0.15) is 0 Å². The number of hydrogen-bond acceptors (Lipinski definition) is 5. The molecular formula is C18H24N2O3S2. The molecule has 1 heterocycles. The van der Waals surface area contributed by atoms with Gasteiger partial charge in [0.1, 0.15) is 4.71 Å². The molecule has 5 nitrogen and oxygen atoms in total. The number of unbranched alkanes of at least 4 members (excludes halogenated alkanes) is 3. The molecule has 0 spiro atoms. The van der Waals surface area contributed by atoms with Crippen molar-refractivity contribution in [3.63, 3.8) is 0 Å². The predicted molar refractivity (Wildman–Crippen MR) is 104 cm³/mol. The van der Waals surface area contributed by atoms with Crippen LogP contribution in [0.3, 0.4) is 0 Å². The van der Waals surface area contributed by atoms with Crippen LogP contribution in [0.15, 0.2) is 29.2 Å². The molecule has 1 unspecified atom stereocenters. The number of thioether (sulfide) groups is 1. The Morgan fingerprint density at radius 3 is 2.64 bits per heavy atom. The summed E-state index contributed by atoms with van der Waals surface area (Å²) in [6.07, 6.45) is 5.69. The zero-order valence-electron chi connectivity index (χ0n) is 14.3. The maximum Gasteiger partial charge on any atom is 0.261 e. The van der Waals surface area contributed by atoms with E-state index < -0.39 is 0 Å². The zero-order chi connectivity index (χ0) is 18.2. The monoisotopic (exact) mass is 380 g/mol. The molecule has 1 fully saturated rings. The number of carbonyl (C=O) groups is 2. The smallest absolute Gasteiger partial charge is 0.261 e. The highest BCUT2D eigenvalue weighted by Crippen LogP contribution is 2.38. The van der Waals surface area contributed by atoms with Crippen LogP contribution in [0.25, 0.3) is 6.08 Å². The van der Waals surface area contributed by atoms with Crippen LogP contribution in [-0.4, -0.2) is 33.2 Å². The Morgan fingerprint density at radius 1 is 1.28 bits per heavy atom. The van der Waals surface area contributed by atoms with E-state index in [2.05, 4.69) is 12.6 Å². The molecule has 1 atom stereocenters. The predicted octanol–water partition coefficient (Wildman–Crippen LogP) is 3.58. The van der Waals surface area contributed by atoms with E-state index >= 15 is 0 Å². The number of thiol groups is 1. The molecule has 2 N–H and O–H groups in total. The van der Waals surface area contributed by atoms with Gasteiger partial charge in [0.25, 0.3) is 5.91 Å². The second kappa shape index (κ2) is 9.89. The first-order valence-electron chi connectivity index (χ1n) is 8.38. The Bertz CT molecular complexity index is 632. The molecule has 0 aliphatic carbocycles. The fourth-order valence-corrected chi connectivity index (χ4v) is 4.11. The molecule has 7 heteroatoms. The third kappa shape index (κ3) is 6.09. The summed E-state index contributed by atoms with van der Waals surface area (Å²) in [4.78, 5) is 26.0. The summed E-state index contributed by atoms with van der Waals surface area (Å²) >= 11 is 6.00. The third-order valence-electron chi connectivity index (χ3n) is 4.02. The van der Waals surface area contributed by atoms with E-state index in [0.717, 1.165) is 36.2 Å². The highest BCUT2D eigenvalue weighted by Gasteiger charge is 2.33. The van der Waals surface area contributed by atoms with E-state index in [9.17, 15) is 9.59 Å². The van der Waals surface area contributed by atoms with Crippen LogP contribution >= 0.6 is 24.4 Å². The van der Waals surface area contributed by atoms with E-state index in [1.54, 1.807) is 10.4 Å². The van der Waals surface area contributed by atoms with Crippen LogP contribution in [0.5, 0.6) is 0 Å². The molecule has 1 aliphatic rings. The SMILES string of the molecule is Cc1ccc(/C=C2\SC(S)N(CCCCCCC(=O)NO)C2=O)cc1. The first kappa shape index (κ1) is 19.9. The summed E-state index contributed by atoms with van der Waals surface area (Å²) in [5.41, 5.74) is 3.84. The molecule has 2 rings (SSSR count). The van der Waals surface area contributed by atoms with Gasteiger partial charge in [-0.15, -0.1) is 12.6 Å². The Kier molecular flexibility index (Phi) is 7.87. The number of rotatable bonds is 8. The van der Waals surface area contributed by atoms with Crippen molar-refractivity contribution in [2.45, 2.75) is 43.7 Å². The van der Waals surface area contributed by atoms with Gasteiger partial charge in [0, 0.05) is 13.0 Å². The Hall–Kier alpha value is -1.44. The Morgan fingerprint density at radius 2 is 1.96 bits per heavy atom. The zero-order valence-corrected chi connectivity index (χ0v) is 16.0. The highest BCUT2D eigenvalue weighted by atomic mass is 32.2. The van der Waals surface area contributed by atoms with Crippen molar-refractivity contribution < 1.29 is 14.8 Å². The average Bonchev–Trinajstić information content (AvgIpc) is 2.86. The van der Waals surface area contributed by atoms with E-state index in [1.165, 1.54) is 17.3 Å². The van der Waals surface area contributed by atoms with Crippen molar-refractivity contribution in [1.82, 2.24) is 10.4 Å². The fourth-order valence-electron chi connectivity index (χ4n) is 2.57. The third-order valence-corrected chi connectivity index (χ3v) is 5.63. The lowest BCUT2D eigenvalue weighted by Gasteiger charge is -2.18. The quantitative estimate of drug-likeness (QED) is 0.212. The number of nitrogens with one attached hydrogen (secondary N) is 1. The van der Waals surface area contributed by atoms with Crippen molar-refractivity contribution in [3.05, 3.63) is 40.3 Å². The van der Waals surface area contributed by atoms with E-state index in [-0.39, 0.29) is 16.5 Å². The molecule has 0 saturated carbocycles. The molecule has 136 valence electrons. The van der Waals surface area contributed by atoms with Gasteiger partial charge >= 0.3 is 0 Å². The van der Waals surface area contributed by atoms with Crippen LogP contribution in [0, 0.1) is 6.92 Å². The second-order valence-electron chi connectivity index (χ2n) is 6.06. The van der Waals surface area contributed by atoms with Gasteiger partial charge in [0.2, 0.25) is 5.91 Å². The van der Waals surface area contributed by atoms with Crippen molar-refractivity contribution in [2.24, 2.45) is 0 Å². The number of benzene rings is 1. The number of amides is 2. The van der Waals surface area contributed by atoms with Gasteiger partial charge in [0.05, 0.1) is 4.91 Å². The summed E-state index contributed by atoms with van der Waals surface area (Å²) < 4.78 is -0.149. The number of aryl methyl sites for hydroxylation is 1. The van der Waals surface area contributed by atoms with Crippen molar-refractivity contribution >= 4 is 42.3 Å². The largest absolute Gasteiger partial charge is 0.317 e. The Labute approximate surface area is 158 Å². The van der Waals surface area contributed by atoms with Crippen LogP contribution in [0.2, 0.25) is 0 Å². The van der Waals surface area contributed by atoms with Crippen LogP contribution in [0.4, 0.5) is 0 Å². The molecule has 1 aromatic rings. The summed E-state index contributed by atoms with van der Waals surface area (Å²) in [5.74, 6) is -0.322. The van der Waals surface area contributed by atoms with E-state index in [4.69, 9.17) is 5.21 Å². The van der Waals surface area contributed by atoms with Gasteiger partial charge in [-0.25, -0.2) is 5.48 Å². The van der Waals surface area contributed by atoms with Crippen molar-refractivity contribution in [2.75, 3.05) is 6.54 Å². The molecule has 1 aliphatic heterocycles. The fraction of sp³-hybridized carbons (Fsp3) is 0.444. The average molecular weight is 381 g/mol.